The Morgan fingerprint density at radius 2 is 1.50 bits per heavy atom. The van der Waals surface area contributed by atoms with E-state index >= 15 is 0 Å². The first-order chi connectivity index (χ1) is 8.23. The molecule has 0 aromatic heterocycles. The molecule has 0 aromatic carbocycles. The van der Waals surface area contributed by atoms with Gasteiger partial charge in [-0.15, -0.1) is 0 Å². The molecule has 18 heavy (non-hydrogen) atoms. The van der Waals surface area contributed by atoms with Crippen molar-refractivity contribution in [1.82, 2.24) is 0 Å². The van der Waals surface area contributed by atoms with E-state index < -0.39 is 14.0 Å². The van der Waals surface area contributed by atoms with Gasteiger partial charge in [-0.2, -0.15) is 0 Å². The van der Waals surface area contributed by atoms with Crippen LogP contribution >= 0.6 is 0 Å². The minimum Gasteiger partial charge on any atom is -0.478 e. The molecule has 0 radical (unpaired) electrons. The number of rotatable bonds is 7. The quantitative estimate of drug-likeness (QED) is 0.521. The Labute approximate surface area is 113 Å². The van der Waals surface area contributed by atoms with Crippen LogP contribution in [0, 0.1) is 0 Å². The van der Waals surface area contributed by atoms with E-state index in [4.69, 9.17) is 0 Å². The van der Waals surface area contributed by atoms with Crippen LogP contribution in [0.3, 0.4) is 0 Å². The smallest absolute Gasteiger partial charge is 0.330 e. The molecule has 3 heteroatoms. The van der Waals surface area contributed by atoms with Crippen molar-refractivity contribution in [3.05, 3.63) is 11.3 Å². The normalized spacial score (nSPS) is 19.4. The van der Waals surface area contributed by atoms with E-state index in [-0.39, 0.29) is 0 Å². The molecule has 0 saturated carbocycles. The van der Waals surface area contributed by atoms with Gasteiger partial charge in [-0.3, -0.25) is 0 Å². The summed E-state index contributed by atoms with van der Waals surface area (Å²) in [5, 5.41) is 9.19. The lowest BCUT2D eigenvalue weighted by atomic mass is 10.3. The molecule has 0 aliphatic rings. The summed E-state index contributed by atoms with van der Waals surface area (Å²) in [5.74, 6) is -0.765. The maximum absolute atomic E-state index is 11.2. The van der Waals surface area contributed by atoms with Gasteiger partial charge in [-0.1, -0.05) is 60.1 Å². The zero-order chi connectivity index (χ0) is 14.5. The molecule has 0 bridgehead atoms. The number of carboxylic acids is 1. The predicted molar refractivity (Wildman–Crippen MR) is 81.7 cm³/mol. The summed E-state index contributed by atoms with van der Waals surface area (Å²) in [5.41, 5.74) is 4.54. The summed E-state index contributed by atoms with van der Waals surface area (Å²) >= 11 is 0. The number of aliphatic carboxylic acids is 1. The van der Waals surface area contributed by atoms with Crippen molar-refractivity contribution in [3.63, 3.8) is 0 Å². The van der Waals surface area contributed by atoms with Crippen LogP contribution in [0.4, 0.5) is 0 Å². The lowest BCUT2D eigenvalue weighted by molar-refractivity contribution is -0.132. The molecule has 0 aromatic rings. The summed E-state index contributed by atoms with van der Waals surface area (Å²) in [7, 11) is -1.75. The van der Waals surface area contributed by atoms with Crippen molar-refractivity contribution < 1.29 is 9.90 Å². The van der Waals surface area contributed by atoms with Gasteiger partial charge in [0.25, 0.3) is 0 Å². The van der Waals surface area contributed by atoms with Gasteiger partial charge in [0.15, 0.2) is 0 Å². The predicted octanol–water partition coefficient (Wildman–Crippen LogP) is 5.02. The molecule has 1 N–H and O–H groups in total. The van der Waals surface area contributed by atoms with Gasteiger partial charge < -0.3 is 5.11 Å². The molecule has 0 saturated heterocycles. The zero-order valence-corrected chi connectivity index (χ0v) is 14.1. The highest BCUT2D eigenvalue weighted by Gasteiger charge is 2.43. The van der Waals surface area contributed by atoms with Gasteiger partial charge in [0.05, 0.1) is 8.07 Å². The van der Waals surface area contributed by atoms with Gasteiger partial charge in [0.1, 0.15) is 0 Å². The highest BCUT2D eigenvalue weighted by Crippen LogP contribution is 2.46. The van der Waals surface area contributed by atoms with E-state index in [2.05, 4.69) is 47.2 Å². The Morgan fingerprint density at radius 3 is 1.72 bits per heavy atom. The molecule has 0 heterocycles. The maximum Gasteiger partial charge on any atom is 0.330 e. The van der Waals surface area contributed by atoms with Crippen LogP contribution < -0.4 is 0 Å². The summed E-state index contributed by atoms with van der Waals surface area (Å²) in [4.78, 5) is 11.2. The first-order valence-electron chi connectivity index (χ1n) is 7.16. The Kier molecular flexibility index (Phi) is 6.90. The fraction of sp³-hybridized carbons (Fsp3) is 0.800. The lowest BCUT2D eigenvalue weighted by Gasteiger charge is -2.43. The molecule has 0 fully saturated rings. The fourth-order valence-corrected chi connectivity index (χ4v) is 9.66. The van der Waals surface area contributed by atoms with Gasteiger partial charge >= 0.3 is 5.97 Å². The molecule has 2 nitrogen and oxygen atoms in total. The van der Waals surface area contributed by atoms with Crippen LogP contribution in [0.15, 0.2) is 11.3 Å². The van der Waals surface area contributed by atoms with Gasteiger partial charge in [0.2, 0.25) is 0 Å². The minimum atomic E-state index is -1.75. The Bertz CT molecular complexity index is 298. The second-order valence-corrected chi connectivity index (χ2v) is 11.3. The molecule has 0 amide bonds. The van der Waals surface area contributed by atoms with Crippen molar-refractivity contribution >= 4 is 14.0 Å². The summed E-state index contributed by atoms with van der Waals surface area (Å²) in [6.07, 6.45) is 2.27. The number of hydrogen-bond acceptors (Lipinski definition) is 1. The molecule has 0 aliphatic heterocycles. The average molecular weight is 270 g/mol. The molecule has 0 aliphatic carbocycles. The van der Waals surface area contributed by atoms with Gasteiger partial charge in [0, 0.05) is 5.57 Å². The van der Waals surface area contributed by atoms with Gasteiger partial charge in [-0.25, -0.2) is 4.79 Å². The minimum absolute atomic E-state index is 0.538. The topological polar surface area (TPSA) is 37.3 Å². The number of carbonyl (C=O) groups is 1. The Balaban J connectivity index is 5.77. The third-order valence-corrected chi connectivity index (χ3v) is 11.9. The van der Waals surface area contributed by atoms with Crippen LogP contribution in [0.25, 0.3) is 0 Å². The van der Waals surface area contributed by atoms with Crippen LogP contribution in [-0.4, -0.2) is 19.1 Å². The van der Waals surface area contributed by atoms with E-state index in [0.29, 0.717) is 22.2 Å². The van der Waals surface area contributed by atoms with E-state index in [1.165, 1.54) is 0 Å². The molecule has 0 rings (SSSR count). The first-order valence-corrected chi connectivity index (χ1v) is 9.47. The highest BCUT2D eigenvalue weighted by molar-refractivity contribution is 6.88. The van der Waals surface area contributed by atoms with Crippen LogP contribution in [0.5, 0.6) is 0 Å². The van der Waals surface area contributed by atoms with Gasteiger partial charge in [-0.05, 0) is 23.5 Å². The third kappa shape index (κ3) is 3.47. The van der Waals surface area contributed by atoms with Crippen molar-refractivity contribution in [2.45, 2.75) is 77.9 Å². The molecular formula is C15H30O2Si. The van der Waals surface area contributed by atoms with Crippen LogP contribution in [0.2, 0.25) is 16.6 Å². The van der Waals surface area contributed by atoms with Crippen LogP contribution in [0.1, 0.15) is 61.3 Å². The number of carboxylic acid groups (broad SMARTS) is 1. The molecule has 2 unspecified atom stereocenters. The largest absolute Gasteiger partial charge is 0.478 e. The van der Waals surface area contributed by atoms with Crippen molar-refractivity contribution in [2.24, 2.45) is 0 Å². The first kappa shape index (κ1) is 17.4. The lowest BCUT2D eigenvalue weighted by Crippen LogP contribution is -2.45. The fourth-order valence-electron chi connectivity index (χ4n) is 3.22. The number of hydrogen-bond donors (Lipinski definition) is 1. The average Bonchev–Trinajstić information content (AvgIpc) is 2.32. The monoisotopic (exact) mass is 270 g/mol. The summed E-state index contributed by atoms with van der Waals surface area (Å²) in [6.45, 7) is 15.4. The Hall–Kier alpha value is -0.573. The van der Waals surface area contributed by atoms with E-state index in [9.17, 15) is 9.90 Å². The zero-order valence-electron chi connectivity index (χ0n) is 13.1. The highest BCUT2D eigenvalue weighted by atomic mass is 28.3. The SMILES string of the molecule is CCC(C)[Si](C=C(C)C(=O)O)(C(C)C)C(C)CC. The molecule has 0 spiro atoms. The van der Waals surface area contributed by atoms with E-state index in [1.807, 2.05) is 0 Å². The molecule has 2 atom stereocenters. The second-order valence-electron chi connectivity index (χ2n) is 5.91. The standard InChI is InChI=1S/C15H30O2Si/c1-8-13(6)18(11(3)4,14(7)9-2)10-12(5)15(16)17/h10-11,13-14H,8-9H2,1-7H3,(H,16,17). The third-order valence-electron chi connectivity index (χ3n) is 4.74. The molecular weight excluding hydrogens is 240 g/mol. The van der Waals surface area contributed by atoms with Crippen molar-refractivity contribution in [2.75, 3.05) is 0 Å². The van der Waals surface area contributed by atoms with Crippen LogP contribution in [-0.2, 0) is 4.79 Å². The van der Waals surface area contributed by atoms with E-state index in [0.717, 1.165) is 12.8 Å². The second kappa shape index (κ2) is 7.12. The van der Waals surface area contributed by atoms with E-state index in [1.54, 1.807) is 6.92 Å². The molecule has 106 valence electrons. The summed E-state index contributed by atoms with van der Waals surface area (Å²) < 4.78 is 0. The maximum atomic E-state index is 11.2. The Morgan fingerprint density at radius 1 is 1.11 bits per heavy atom. The van der Waals surface area contributed by atoms with Crippen molar-refractivity contribution in [3.8, 4) is 0 Å². The summed E-state index contributed by atoms with van der Waals surface area (Å²) in [6, 6.07) is 0. The van der Waals surface area contributed by atoms with Crippen molar-refractivity contribution in [1.29, 1.82) is 0 Å².